The molecule has 211 valence electrons. The van der Waals surface area contributed by atoms with Gasteiger partial charge in [0.2, 0.25) is 0 Å². The van der Waals surface area contributed by atoms with Crippen molar-refractivity contribution in [1.29, 1.82) is 0 Å². The van der Waals surface area contributed by atoms with Gasteiger partial charge >= 0.3 is 5.78 Å². The van der Waals surface area contributed by atoms with Crippen LogP contribution in [-0.4, -0.2) is 20.7 Å². The molecule has 2 heterocycles. The van der Waals surface area contributed by atoms with Crippen LogP contribution in [0.1, 0.15) is 41.5 Å². The van der Waals surface area contributed by atoms with E-state index in [0.29, 0.717) is 0 Å². The molecule has 5 heteroatoms. The summed E-state index contributed by atoms with van der Waals surface area (Å²) in [4.78, 5) is 14.3. The summed E-state index contributed by atoms with van der Waals surface area (Å²) in [6, 6.07) is 30.6. The molecule has 41 heavy (non-hydrogen) atoms. The molecule has 0 spiro atoms. The van der Waals surface area contributed by atoms with Gasteiger partial charge in [-0.2, -0.15) is 0 Å². The van der Waals surface area contributed by atoms with Crippen LogP contribution in [-0.2, 0) is 20.1 Å². The molecule has 6 rings (SSSR count). The Bertz CT molecular complexity index is 1900. The number of aliphatic hydroxyl groups is 1. The van der Waals surface area contributed by atoms with Crippen molar-refractivity contribution >= 4 is 49.3 Å². The van der Waals surface area contributed by atoms with Crippen LogP contribution in [0.3, 0.4) is 0 Å². The normalized spacial score (nSPS) is 12.3. The Morgan fingerprint density at radius 3 is 2.12 bits per heavy atom. The number of para-hydroxylation sites is 1. The van der Waals surface area contributed by atoms with Gasteiger partial charge in [-0.05, 0) is 65.5 Å². The van der Waals surface area contributed by atoms with E-state index in [1.807, 2.05) is 65.9 Å². The maximum Gasteiger partial charge on any atom is 0.325 e. The van der Waals surface area contributed by atoms with Crippen LogP contribution in [0.15, 0.2) is 101 Å². The van der Waals surface area contributed by atoms with Crippen molar-refractivity contribution < 1.29 is 34.4 Å². The fraction of sp³-hybridized carbons (Fsp3) is 0.222. The number of furan rings is 1. The van der Waals surface area contributed by atoms with Gasteiger partial charge in [-0.1, -0.05) is 86.8 Å². The summed E-state index contributed by atoms with van der Waals surface area (Å²) in [5.41, 5.74) is 2.92. The molecule has 0 aliphatic heterocycles. The van der Waals surface area contributed by atoms with Gasteiger partial charge in [0.05, 0.1) is 17.1 Å². The molecular formula is C36H35IrNO3. The quantitative estimate of drug-likeness (QED) is 0.0637. The maximum atomic E-state index is 9.60. The molecule has 2 aromatic heterocycles. The molecule has 0 saturated carbocycles. The first-order valence-corrected chi connectivity index (χ1v) is 13.5. The van der Waals surface area contributed by atoms with E-state index in [4.69, 9.17) is 4.42 Å². The molecular weight excluding hydrogens is 687 g/mol. The second kappa shape index (κ2) is 11.6. The summed E-state index contributed by atoms with van der Waals surface area (Å²) < 4.78 is 6.01. The number of allylic oxidation sites excluding steroid dienone is 2. The molecule has 0 aliphatic carbocycles. The summed E-state index contributed by atoms with van der Waals surface area (Å²) in [6.07, 6.45) is 3.32. The first-order valence-electron chi connectivity index (χ1n) is 13.5. The Hall–Kier alpha value is -3.79. The topological polar surface area (TPSA) is 67.7 Å². The molecule has 2 N–H and O–H groups in total. The van der Waals surface area contributed by atoms with Crippen LogP contribution in [0.25, 0.3) is 54.7 Å². The fourth-order valence-corrected chi connectivity index (χ4v) is 4.51. The number of pyridine rings is 1. The van der Waals surface area contributed by atoms with Gasteiger partial charge in [-0.3, -0.25) is 4.79 Å². The number of fused-ring (bicyclic) bond motifs is 6. The second-order valence-electron chi connectivity index (χ2n) is 12.2. The summed E-state index contributed by atoms with van der Waals surface area (Å²) in [5, 5.41) is 16.6. The van der Waals surface area contributed by atoms with E-state index >= 15 is 0 Å². The summed E-state index contributed by atoms with van der Waals surface area (Å²) in [5.74, 6) is 0.417. The molecule has 0 bridgehead atoms. The van der Waals surface area contributed by atoms with Gasteiger partial charge < -0.3 is 14.5 Å². The van der Waals surface area contributed by atoms with E-state index in [1.54, 1.807) is 0 Å². The number of benzene rings is 4. The summed E-state index contributed by atoms with van der Waals surface area (Å²) in [6.45, 7) is 11.4. The summed E-state index contributed by atoms with van der Waals surface area (Å²) >= 11 is 0. The Kier molecular flexibility index (Phi) is 8.54. The van der Waals surface area contributed by atoms with Crippen LogP contribution in [0.5, 0.6) is 0 Å². The number of carbonyl (C=O) groups excluding carboxylic acids is 1. The predicted octanol–water partition coefficient (Wildman–Crippen LogP) is 9.82. The van der Waals surface area contributed by atoms with E-state index in [1.165, 1.54) is 22.2 Å². The number of nitrogens with zero attached hydrogens (tertiary/aromatic N) is 1. The standard InChI is InChI=1S/C25H14NO.C11H20O2.Ir/c1-2-6-18-16(5-1)9-12-22-19(18)13-14-26-25(22)17-10-11-21-20-7-3-4-8-23(20)27-24(21)15-17;1-10(2,3)8(12)7-9(13)11(4,5)6;/h1-14H;7,12H,1-6H3;/q-1;;/p+1/b;8-7-;. The van der Waals surface area contributed by atoms with Crippen LogP contribution in [0.4, 0.5) is 0 Å². The zero-order chi connectivity index (χ0) is 28.7. The van der Waals surface area contributed by atoms with Crippen LogP contribution in [0.2, 0.25) is 0 Å². The minimum atomic E-state index is -0.306. The Labute approximate surface area is 254 Å². The average Bonchev–Trinajstić information content (AvgIpc) is 3.30. The number of ketones is 1. The second-order valence-corrected chi connectivity index (χ2v) is 12.2. The average molecular weight is 722 g/mol. The van der Waals surface area contributed by atoms with Crippen molar-refractivity contribution in [3.63, 3.8) is 0 Å². The summed E-state index contributed by atoms with van der Waals surface area (Å²) in [7, 11) is 0. The molecule has 4 aromatic carbocycles. The Morgan fingerprint density at radius 2 is 1.41 bits per heavy atom. The molecule has 0 saturated heterocycles. The van der Waals surface area contributed by atoms with Crippen LogP contribution < -0.4 is 0 Å². The number of hydrogen-bond donors (Lipinski definition) is 1. The Morgan fingerprint density at radius 1 is 0.756 bits per heavy atom. The molecule has 6 aromatic rings. The monoisotopic (exact) mass is 722 g/mol. The van der Waals surface area contributed by atoms with Crippen molar-refractivity contribution in [3.05, 3.63) is 103 Å². The van der Waals surface area contributed by atoms with Crippen molar-refractivity contribution in [2.24, 2.45) is 10.8 Å². The van der Waals surface area contributed by atoms with E-state index in [2.05, 4.69) is 71.7 Å². The van der Waals surface area contributed by atoms with Crippen molar-refractivity contribution in [2.45, 2.75) is 41.5 Å². The zero-order valence-electron chi connectivity index (χ0n) is 24.2. The minimum Gasteiger partial charge on any atom is -0.511 e. The van der Waals surface area contributed by atoms with Gasteiger partial charge in [-0.25, -0.2) is 0 Å². The zero-order valence-corrected chi connectivity index (χ0v) is 26.6. The van der Waals surface area contributed by atoms with E-state index in [0.717, 1.165) is 38.6 Å². The molecule has 0 fully saturated rings. The van der Waals surface area contributed by atoms with Crippen molar-refractivity contribution in [3.8, 4) is 11.3 Å². The molecule has 0 atom stereocenters. The third-order valence-electron chi connectivity index (χ3n) is 7.03. The van der Waals surface area contributed by atoms with Crippen molar-refractivity contribution in [2.75, 3.05) is 0 Å². The van der Waals surface area contributed by atoms with E-state index in [9.17, 15) is 9.90 Å². The van der Waals surface area contributed by atoms with Crippen LogP contribution >= 0.6 is 0 Å². The van der Waals surface area contributed by atoms with Gasteiger partial charge in [0.25, 0.3) is 0 Å². The smallest absolute Gasteiger partial charge is 0.325 e. The fourth-order valence-electron chi connectivity index (χ4n) is 4.51. The molecule has 0 aliphatic rings. The van der Waals surface area contributed by atoms with Crippen LogP contribution in [0, 0.1) is 16.9 Å². The van der Waals surface area contributed by atoms with Gasteiger partial charge in [0, 0.05) is 31.7 Å². The van der Waals surface area contributed by atoms with Gasteiger partial charge in [-0.15, -0.1) is 17.7 Å². The number of rotatable bonds is 2. The van der Waals surface area contributed by atoms with E-state index < -0.39 is 0 Å². The third kappa shape index (κ3) is 6.27. The molecule has 0 unspecified atom stereocenters. The largest absolute Gasteiger partial charge is 0.511 e. The maximum absolute atomic E-state index is 9.60. The SMILES string of the molecule is CC(C)(C)C(=[OH+])/C=C(\O)C(C)(C)C.[Ir].[c-]1c(-c2nccc3c2ccc2ccccc23)ccc2c1oc1ccccc12. The number of hydrogen-bond acceptors (Lipinski definition) is 3. The number of aliphatic hydroxyl groups excluding tert-OH is 1. The first-order chi connectivity index (χ1) is 18.9. The van der Waals surface area contributed by atoms with Gasteiger partial charge in [0.1, 0.15) is 11.3 Å². The third-order valence-corrected chi connectivity index (χ3v) is 7.03. The first kappa shape index (κ1) is 30.2. The number of aromatic nitrogens is 1. The minimum absolute atomic E-state index is 0. The predicted molar refractivity (Wildman–Crippen MR) is 167 cm³/mol. The molecule has 1 radical (unpaired) electrons. The Balaban J connectivity index is 0.000000239. The molecule has 4 nitrogen and oxygen atoms in total. The van der Waals surface area contributed by atoms with Crippen molar-refractivity contribution in [1.82, 2.24) is 4.98 Å². The van der Waals surface area contributed by atoms with E-state index in [-0.39, 0.29) is 42.5 Å². The molecule has 0 amide bonds. The van der Waals surface area contributed by atoms with Gasteiger partial charge in [0.15, 0.2) is 0 Å².